The lowest BCUT2D eigenvalue weighted by atomic mass is 10.0. The molecule has 0 saturated carbocycles. The monoisotopic (exact) mass is 222 g/mol. The summed E-state index contributed by atoms with van der Waals surface area (Å²) in [5.41, 5.74) is 2.51. The first-order chi connectivity index (χ1) is 7.19. The average molecular weight is 222 g/mol. The van der Waals surface area contributed by atoms with Gasteiger partial charge in [-0.3, -0.25) is 0 Å². The van der Waals surface area contributed by atoms with Crippen LogP contribution in [0.3, 0.4) is 0 Å². The zero-order valence-corrected chi connectivity index (χ0v) is 9.75. The Hall–Kier alpha value is -1.22. The maximum absolute atomic E-state index is 11.4. The Bertz CT molecular complexity index is 383. The van der Waals surface area contributed by atoms with E-state index in [1.165, 1.54) is 7.11 Å². The lowest BCUT2D eigenvalue weighted by Gasteiger charge is -2.04. The van der Waals surface area contributed by atoms with Gasteiger partial charge in [-0.15, -0.1) is 0 Å². The van der Waals surface area contributed by atoms with Gasteiger partial charge in [0.15, 0.2) is 0 Å². The summed E-state index contributed by atoms with van der Waals surface area (Å²) in [5, 5.41) is 0. The number of aryl methyl sites for hydroxylation is 1. The fourth-order valence-electron chi connectivity index (χ4n) is 1.26. The third-order valence-corrected chi connectivity index (χ3v) is 2.29. The standard InChI is InChI=1S/C12H14O2S/c1-9-5-6-10(4-3-7-15)8-11(9)12(13)14-2/h3-6,8,15H,7H2,1-2H3. The Morgan fingerprint density at radius 3 is 2.87 bits per heavy atom. The molecule has 0 aromatic heterocycles. The molecule has 1 rings (SSSR count). The van der Waals surface area contributed by atoms with Gasteiger partial charge in [-0.1, -0.05) is 24.3 Å². The van der Waals surface area contributed by atoms with Gasteiger partial charge < -0.3 is 4.74 Å². The van der Waals surface area contributed by atoms with Crippen LogP contribution in [0, 0.1) is 6.92 Å². The average Bonchev–Trinajstić information content (AvgIpc) is 2.27. The minimum absolute atomic E-state index is 0.298. The van der Waals surface area contributed by atoms with E-state index in [9.17, 15) is 4.79 Å². The molecule has 0 unspecified atom stereocenters. The van der Waals surface area contributed by atoms with Crippen molar-refractivity contribution >= 4 is 24.7 Å². The van der Waals surface area contributed by atoms with Gasteiger partial charge >= 0.3 is 5.97 Å². The topological polar surface area (TPSA) is 26.3 Å². The largest absolute Gasteiger partial charge is 0.465 e. The number of esters is 1. The lowest BCUT2D eigenvalue weighted by Crippen LogP contribution is -2.03. The van der Waals surface area contributed by atoms with E-state index in [0.717, 1.165) is 11.1 Å². The zero-order valence-electron chi connectivity index (χ0n) is 8.86. The fourth-order valence-corrected chi connectivity index (χ4v) is 1.37. The van der Waals surface area contributed by atoms with Crippen molar-refractivity contribution in [1.82, 2.24) is 0 Å². The van der Waals surface area contributed by atoms with Gasteiger partial charge in [0.2, 0.25) is 0 Å². The normalized spacial score (nSPS) is 10.6. The van der Waals surface area contributed by atoms with Gasteiger partial charge in [-0.05, 0) is 24.1 Å². The van der Waals surface area contributed by atoms with Crippen molar-refractivity contribution in [2.24, 2.45) is 0 Å². The van der Waals surface area contributed by atoms with E-state index in [0.29, 0.717) is 11.3 Å². The summed E-state index contributed by atoms with van der Waals surface area (Å²) in [6.07, 6.45) is 3.85. The predicted octanol–water partition coefficient (Wildman–Crippen LogP) is 2.72. The van der Waals surface area contributed by atoms with E-state index in [-0.39, 0.29) is 5.97 Å². The van der Waals surface area contributed by atoms with Gasteiger partial charge in [0, 0.05) is 5.75 Å². The second-order valence-electron chi connectivity index (χ2n) is 3.15. The van der Waals surface area contributed by atoms with Gasteiger partial charge in [-0.2, -0.15) is 12.6 Å². The van der Waals surface area contributed by atoms with Crippen LogP contribution in [0.5, 0.6) is 0 Å². The van der Waals surface area contributed by atoms with Crippen molar-refractivity contribution < 1.29 is 9.53 Å². The van der Waals surface area contributed by atoms with Crippen molar-refractivity contribution in [3.05, 3.63) is 41.0 Å². The molecule has 0 aliphatic rings. The van der Waals surface area contributed by atoms with E-state index in [2.05, 4.69) is 12.6 Å². The maximum Gasteiger partial charge on any atom is 0.338 e. The number of methoxy groups -OCH3 is 1. The Morgan fingerprint density at radius 2 is 2.27 bits per heavy atom. The number of carbonyl (C=O) groups excluding carboxylic acids is 1. The molecule has 0 heterocycles. The molecule has 0 radical (unpaired) electrons. The molecule has 1 aromatic carbocycles. The van der Waals surface area contributed by atoms with Crippen molar-refractivity contribution in [2.45, 2.75) is 6.92 Å². The van der Waals surface area contributed by atoms with E-state index in [4.69, 9.17) is 4.74 Å². The van der Waals surface area contributed by atoms with E-state index in [1.54, 1.807) is 0 Å². The molecule has 0 spiro atoms. The molecule has 0 aliphatic heterocycles. The molecule has 0 fully saturated rings. The van der Waals surface area contributed by atoms with Crippen LogP contribution in [0.1, 0.15) is 21.5 Å². The van der Waals surface area contributed by atoms with Crippen LogP contribution in [-0.2, 0) is 4.74 Å². The zero-order chi connectivity index (χ0) is 11.3. The smallest absolute Gasteiger partial charge is 0.338 e. The van der Waals surface area contributed by atoms with Crippen molar-refractivity contribution in [3.63, 3.8) is 0 Å². The number of hydrogen-bond acceptors (Lipinski definition) is 3. The van der Waals surface area contributed by atoms with Crippen molar-refractivity contribution in [1.29, 1.82) is 0 Å². The van der Waals surface area contributed by atoms with E-state index >= 15 is 0 Å². The molecule has 15 heavy (non-hydrogen) atoms. The summed E-state index contributed by atoms with van der Waals surface area (Å²) in [5.74, 6) is 0.384. The first kappa shape index (κ1) is 11.9. The number of carbonyl (C=O) groups is 1. The first-order valence-corrected chi connectivity index (χ1v) is 5.28. The van der Waals surface area contributed by atoms with Gasteiger partial charge in [-0.25, -0.2) is 4.79 Å². The molecule has 0 saturated heterocycles. The number of thiol groups is 1. The lowest BCUT2D eigenvalue weighted by molar-refractivity contribution is 0.0600. The molecule has 0 aliphatic carbocycles. The molecule has 0 atom stereocenters. The van der Waals surface area contributed by atoms with Crippen LogP contribution in [0.4, 0.5) is 0 Å². The fraction of sp³-hybridized carbons (Fsp3) is 0.250. The Labute approximate surface area is 95.4 Å². The number of hydrogen-bond donors (Lipinski definition) is 1. The van der Waals surface area contributed by atoms with Gasteiger partial charge in [0.25, 0.3) is 0 Å². The van der Waals surface area contributed by atoms with Crippen LogP contribution in [-0.4, -0.2) is 18.8 Å². The summed E-state index contributed by atoms with van der Waals surface area (Å²) in [4.78, 5) is 11.4. The number of rotatable bonds is 3. The first-order valence-electron chi connectivity index (χ1n) is 4.65. The SMILES string of the molecule is COC(=O)c1cc(C=CCS)ccc1C. The van der Waals surface area contributed by atoms with Crippen LogP contribution < -0.4 is 0 Å². The Morgan fingerprint density at radius 1 is 1.53 bits per heavy atom. The predicted molar refractivity (Wildman–Crippen MR) is 65.4 cm³/mol. The molecule has 1 aromatic rings. The van der Waals surface area contributed by atoms with E-state index < -0.39 is 0 Å². The summed E-state index contributed by atoms with van der Waals surface area (Å²) in [6.45, 7) is 1.89. The number of ether oxygens (including phenoxy) is 1. The van der Waals surface area contributed by atoms with E-state index in [1.807, 2.05) is 37.3 Å². The minimum Gasteiger partial charge on any atom is -0.465 e. The second-order valence-corrected chi connectivity index (χ2v) is 3.52. The molecule has 80 valence electrons. The minimum atomic E-state index is -0.298. The van der Waals surface area contributed by atoms with Crippen LogP contribution in [0.2, 0.25) is 0 Å². The molecule has 2 nitrogen and oxygen atoms in total. The van der Waals surface area contributed by atoms with Crippen molar-refractivity contribution in [2.75, 3.05) is 12.9 Å². The van der Waals surface area contributed by atoms with Crippen LogP contribution >= 0.6 is 12.6 Å². The highest BCUT2D eigenvalue weighted by atomic mass is 32.1. The summed E-state index contributed by atoms with van der Waals surface area (Å²) < 4.78 is 4.70. The summed E-state index contributed by atoms with van der Waals surface area (Å²) in [6, 6.07) is 5.69. The van der Waals surface area contributed by atoms with Crippen LogP contribution in [0.15, 0.2) is 24.3 Å². The Kier molecular flexibility index (Phi) is 4.43. The summed E-state index contributed by atoms with van der Waals surface area (Å²) in [7, 11) is 1.39. The third-order valence-electron chi connectivity index (χ3n) is 2.08. The van der Waals surface area contributed by atoms with Crippen molar-refractivity contribution in [3.8, 4) is 0 Å². The summed E-state index contributed by atoms with van der Waals surface area (Å²) >= 11 is 4.08. The van der Waals surface area contributed by atoms with Gasteiger partial charge in [0.05, 0.1) is 12.7 Å². The number of benzene rings is 1. The molecular formula is C12H14O2S. The Balaban J connectivity index is 3.05. The molecule has 3 heteroatoms. The van der Waals surface area contributed by atoms with Gasteiger partial charge in [0.1, 0.15) is 0 Å². The quantitative estimate of drug-likeness (QED) is 0.628. The molecule has 0 N–H and O–H groups in total. The third kappa shape index (κ3) is 3.13. The molecule has 0 amide bonds. The van der Waals surface area contributed by atoms with Crippen LogP contribution in [0.25, 0.3) is 6.08 Å². The highest BCUT2D eigenvalue weighted by molar-refractivity contribution is 7.80. The highest BCUT2D eigenvalue weighted by Gasteiger charge is 2.08. The highest BCUT2D eigenvalue weighted by Crippen LogP contribution is 2.13. The maximum atomic E-state index is 11.4. The molecule has 0 bridgehead atoms. The second kappa shape index (κ2) is 5.61. The molecular weight excluding hydrogens is 208 g/mol.